The average Bonchev–Trinajstić information content (AvgIpc) is 2.83. The SMILES string of the molecule is CCSc1ccccc1NC(=O)C1CCN(S(C)(=O)=O)c2ccccc2O1. The molecule has 3 rings (SSSR count). The highest BCUT2D eigenvalue weighted by atomic mass is 32.2. The second-order valence-corrected chi connectivity index (χ2v) is 9.33. The molecule has 8 heteroatoms. The van der Waals surface area contributed by atoms with Crippen molar-refractivity contribution < 1.29 is 17.9 Å². The summed E-state index contributed by atoms with van der Waals surface area (Å²) in [5.74, 6) is 0.991. The summed E-state index contributed by atoms with van der Waals surface area (Å²) < 4.78 is 31.5. The summed E-state index contributed by atoms with van der Waals surface area (Å²) in [5, 5.41) is 2.92. The van der Waals surface area contributed by atoms with Crippen molar-refractivity contribution in [2.75, 3.05) is 28.2 Å². The van der Waals surface area contributed by atoms with E-state index in [-0.39, 0.29) is 18.9 Å². The number of benzene rings is 2. The number of sulfonamides is 1. The molecule has 1 aliphatic heterocycles. The summed E-state index contributed by atoms with van der Waals surface area (Å²) in [6.07, 6.45) is 0.636. The lowest BCUT2D eigenvalue weighted by Gasteiger charge is -2.20. The lowest BCUT2D eigenvalue weighted by molar-refractivity contribution is -0.122. The predicted molar refractivity (Wildman–Crippen MR) is 109 cm³/mol. The van der Waals surface area contributed by atoms with Gasteiger partial charge in [-0.05, 0) is 30.0 Å². The first-order chi connectivity index (χ1) is 12.9. The molecule has 0 fully saturated rings. The fourth-order valence-electron chi connectivity index (χ4n) is 2.92. The summed E-state index contributed by atoms with van der Waals surface area (Å²) in [6, 6.07) is 14.5. The van der Waals surface area contributed by atoms with Crippen LogP contribution in [0.1, 0.15) is 13.3 Å². The summed E-state index contributed by atoms with van der Waals surface area (Å²) in [5.41, 5.74) is 1.19. The molecule has 0 bridgehead atoms. The molecule has 0 spiro atoms. The second-order valence-electron chi connectivity index (χ2n) is 6.12. The van der Waals surface area contributed by atoms with Crippen LogP contribution in [0, 0.1) is 0 Å². The van der Waals surface area contributed by atoms with Gasteiger partial charge in [0.1, 0.15) is 5.75 Å². The van der Waals surface area contributed by atoms with E-state index in [1.807, 2.05) is 31.2 Å². The van der Waals surface area contributed by atoms with E-state index >= 15 is 0 Å². The Labute approximate surface area is 164 Å². The number of carbonyl (C=O) groups excluding carboxylic acids is 1. The van der Waals surface area contributed by atoms with Crippen LogP contribution in [0.2, 0.25) is 0 Å². The van der Waals surface area contributed by atoms with Crippen LogP contribution in [0.3, 0.4) is 0 Å². The van der Waals surface area contributed by atoms with Gasteiger partial charge in [-0.25, -0.2) is 8.42 Å². The highest BCUT2D eigenvalue weighted by Crippen LogP contribution is 2.34. The normalized spacial score (nSPS) is 16.8. The monoisotopic (exact) mass is 406 g/mol. The molecule has 0 saturated carbocycles. The van der Waals surface area contributed by atoms with Crippen molar-refractivity contribution in [1.29, 1.82) is 0 Å². The van der Waals surface area contributed by atoms with Crippen LogP contribution in [-0.2, 0) is 14.8 Å². The van der Waals surface area contributed by atoms with E-state index in [1.165, 1.54) is 4.31 Å². The third-order valence-electron chi connectivity index (χ3n) is 4.14. The Morgan fingerprint density at radius 1 is 1.22 bits per heavy atom. The quantitative estimate of drug-likeness (QED) is 0.771. The largest absolute Gasteiger partial charge is 0.478 e. The number of hydrogen-bond acceptors (Lipinski definition) is 5. The van der Waals surface area contributed by atoms with Gasteiger partial charge in [0.05, 0.1) is 17.6 Å². The van der Waals surface area contributed by atoms with Gasteiger partial charge in [0, 0.05) is 17.9 Å². The maximum absolute atomic E-state index is 12.8. The van der Waals surface area contributed by atoms with Gasteiger partial charge >= 0.3 is 0 Å². The van der Waals surface area contributed by atoms with Crippen molar-refractivity contribution in [1.82, 2.24) is 0 Å². The van der Waals surface area contributed by atoms with Crippen LogP contribution in [0.4, 0.5) is 11.4 Å². The van der Waals surface area contributed by atoms with Crippen LogP contribution in [0.25, 0.3) is 0 Å². The van der Waals surface area contributed by atoms with Crippen molar-refractivity contribution in [2.45, 2.75) is 24.3 Å². The van der Waals surface area contributed by atoms with Gasteiger partial charge in [0.2, 0.25) is 10.0 Å². The number of thioether (sulfide) groups is 1. The lowest BCUT2D eigenvalue weighted by atomic mass is 10.2. The summed E-state index contributed by atoms with van der Waals surface area (Å²) in [4.78, 5) is 13.8. The van der Waals surface area contributed by atoms with Gasteiger partial charge in [-0.1, -0.05) is 31.2 Å². The molecule has 0 saturated heterocycles. The Kier molecular flexibility index (Phi) is 5.96. The molecule has 1 unspecified atom stereocenters. The number of nitrogens with one attached hydrogen (secondary N) is 1. The maximum Gasteiger partial charge on any atom is 0.265 e. The maximum atomic E-state index is 12.8. The third kappa shape index (κ3) is 4.56. The molecule has 2 aromatic carbocycles. The van der Waals surface area contributed by atoms with E-state index in [4.69, 9.17) is 4.74 Å². The smallest absolute Gasteiger partial charge is 0.265 e. The van der Waals surface area contributed by atoms with E-state index in [9.17, 15) is 13.2 Å². The zero-order valence-electron chi connectivity index (χ0n) is 15.2. The predicted octanol–water partition coefficient (Wildman–Crippen LogP) is 3.35. The van der Waals surface area contributed by atoms with Crippen molar-refractivity contribution >= 4 is 39.1 Å². The van der Waals surface area contributed by atoms with Gasteiger partial charge in [0.15, 0.2) is 6.10 Å². The Balaban J connectivity index is 1.84. The van der Waals surface area contributed by atoms with Crippen molar-refractivity contribution in [3.05, 3.63) is 48.5 Å². The number of rotatable bonds is 5. The summed E-state index contributed by atoms with van der Waals surface area (Å²) in [6.45, 7) is 2.23. The molecule has 144 valence electrons. The highest BCUT2D eigenvalue weighted by Gasteiger charge is 2.31. The van der Waals surface area contributed by atoms with E-state index < -0.39 is 16.1 Å². The molecule has 1 N–H and O–H groups in total. The standard InChI is InChI=1S/C19H22N2O4S2/c1-3-26-18-11-7-4-8-14(18)20-19(22)17-12-13-21(27(2,23)24)15-9-5-6-10-16(15)25-17/h4-11,17H,3,12-13H2,1-2H3,(H,20,22). The molecular formula is C19H22N2O4S2. The zero-order chi connectivity index (χ0) is 19.4. The lowest BCUT2D eigenvalue weighted by Crippen LogP contribution is -2.36. The van der Waals surface area contributed by atoms with Crippen LogP contribution >= 0.6 is 11.8 Å². The Morgan fingerprint density at radius 3 is 2.67 bits per heavy atom. The molecule has 0 radical (unpaired) electrons. The Bertz CT molecular complexity index is 931. The Hall–Kier alpha value is -2.19. The number of nitrogens with zero attached hydrogens (tertiary/aromatic N) is 1. The number of hydrogen-bond donors (Lipinski definition) is 1. The van der Waals surface area contributed by atoms with Crippen molar-refractivity contribution in [3.8, 4) is 5.75 Å². The highest BCUT2D eigenvalue weighted by molar-refractivity contribution is 7.99. The van der Waals surface area contributed by atoms with Crippen LogP contribution < -0.4 is 14.4 Å². The molecule has 1 amide bonds. The molecule has 0 aliphatic carbocycles. The van der Waals surface area contributed by atoms with Gasteiger partial charge in [-0.15, -0.1) is 11.8 Å². The fourth-order valence-corrected chi connectivity index (χ4v) is 4.63. The number of fused-ring (bicyclic) bond motifs is 1. The number of para-hydroxylation sites is 3. The summed E-state index contributed by atoms with van der Waals surface area (Å²) in [7, 11) is -3.47. The fraction of sp³-hybridized carbons (Fsp3) is 0.316. The van der Waals surface area contributed by atoms with Crippen molar-refractivity contribution in [2.24, 2.45) is 0 Å². The first-order valence-corrected chi connectivity index (χ1v) is 11.5. The van der Waals surface area contributed by atoms with Crippen LogP contribution in [-0.4, -0.2) is 39.0 Å². The van der Waals surface area contributed by atoms with Crippen LogP contribution in [0.15, 0.2) is 53.4 Å². The number of anilines is 2. The zero-order valence-corrected chi connectivity index (χ0v) is 16.8. The molecule has 2 aromatic rings. The molecule has 0 aromatic heterocycles. The third-order valence-corrected chi connectivity index (χ3v) is 6.27. The van der Waals surface area contributed by atoms with Gasteiger partial charge < -0.3 is 10.1 Å². The summed E-state index contributed by atoms with van der Waals surface area (Å²) >= 11 is 1.64. The molecule has 1 atom stereocenters. The molecule has 6 nitrogen and oxygen atoms in total. The topological polar surface area (TPSA) is 75.7 Å². The van der Waals surface area contributed by atoms with E-state index in [1.54, 1.807) is 36.0 Å². The van der Waals surface area contributed by atoms with Gasteiger partial charge in [-0.3, -0.25) is 9.10 Å². The minimum Gasteiger partial charge on any atom is -0.478 e. The van der Waals surface area contributed by atoms with Gasteiger partial charge in [0.25, 0.3) is 5.91 Å². The first-order valence-electron chi connectivity index (χ1n) is 8.66. The average molecular weight is 407 g/mol. The number of carbonyl (C=O) groups is 1. The minimum absolute atomic E-state index is 0.180. The van der Waals surface area contributed by atoms with Gasteiger partial charge in [-0.2, -0.15) is 0 Å². The minimum atomic E-state index is -3.47. The second kappa shape index (κ2) is 8.22. The number of amides is 1. The molecular weight excluding hydrogens is 384 g/mol. The van der Waals surface area contributed by atoms with Crippen LogP contribution in [0.5, 0.6) is 5.75 Å². The first kappa shape index (κ1) is 19.6. The van der Waals surface area contributed by atoms with Crippen molar-refractivity contribution in [3.63, 3.8) is 0 Å². The molecule has 27 heavy (non-hydrogen) atoms. The molecule has 1 aliphatic rings. The number of ether oxygens (including phenoxy) is 1. The molecule has 1 heterocycles. The Morgan fingerprint density at radius 2 is 1.93 bits per heavy atom. The van der Waals surface area contributed by atoms with E-state index in [0.717, 1.165) is 22.6 Å². The van der Waals surface area contributed by atoms with E-state index in [0.29, 0.717) is 11.4 Å². The van der Waals surface area contributed by atoms with E-state index in [2.05, 4.69) is 5.32 Å².